The van der Waals surface area contributed by atoms with Gasteiger partial charge in [-0.3, -0.25) is 4.79 Å². The van der Waals surface area contributed by atoms with Crippen molar-refractivity contribution in [3.63, 3.8) is 0 Å². The van der Waals surface area contributed by atoms with Crippen LogP contribution in [0.1, 0.15) is 25.7 Å². The molecule has 1 aromatic rings. The standard InChI is InChI=1S/C18H26N2O3/c1-22-16-8-2-3-9-17(16)23-14-18(21)20-12-6-7-15(20)13-19-10-4-5-11-19/h2-3,8-9,15H,4-7,10-14H2,1H3/t15-/m1/s1. The largest absolute Gasteiger partial charge is 0.493 e. The maximum Gasteiger partial charge on any atom is 0.260 e. The zero-order valence-corrected chi connectivity index (χ0v) is 13.9. The number of para-hydroxylation sites is 2. The summed E-state index contributed by atoms with van der Waals surface area (Å²) in [7, 11) is 1.61. The Labute approximate surface area is 138 Å². The fraction of sp³-hybridized carbons (Fsp3) is 0.611. The first-order valence-corrected chi connectivity index (χ1v) is 8.55. The van der Waals surface area contributed by atoms with Crippen molar-refractivity contribution in [1.82, 2.24) is 9.80 Å². The Morgan fingerprint density at radius 1 is 1.13 bits per heavy atom. The van der Waals surface area contributed by atoms with E-state index in [9.17, 15) is 4.79 Å². The van der Waals surface area contributed by atoms with Crippen LogP contribution >= 0.6 is 0 Å². The van der Waals surface area contributed by atoms with Gasteiger partial charge in [0.1, 0.15) is 0 Å². The molecular formula is C18H26N2O3. The summed E-state index contributed by atoms with van der Waals surface area (Å²) in [4.78, 5) is 17.0. The SMILES string of the molecule is COc1ccccc1OCC(=O)N1CCC[C@@H]1CN1CCCC1. The highest BCUT2D eigenvalue weighted by Crippen LogP contribution is 2.26. The van der Waals surface area contributed by atoms with Crippen LogP contribution in [0.25, 0.3) is 0 Å². The van der Waals surface area contributed by atoms with E-state index in [2.05, 4.69) is 4.90 Å². The van der Waals surface area contributed by atoms with Crippen LogP contribution in [0.5, 0.6) is 11.5 Å². The van der Waals surface area contributed by atoms with Crippen molar-refractivity contribution >= 4 is 5.91 Å². The predicted molar refractivity (Wildman–Crippen MR) is 88.9 cm³/mol. The number of carbonyl (C=O) groups is 1. The number of rotatable bonds is 6. The minimum absolute atomic E-state index is 0.0802. The number of hydrogen-bond donors (Lipinski definition) is 0. The van der Waals surface area contributed by atoms with Gasteiger partial charge in [-0.25, -0.2) is 0 Å². The fourth-order valence-corrected chi connectivity index (χ4v) is 3.58. The number of nitrogens with zero attached hydrogens (tertiary/aromatic N) is 2. The van der Waals surface area contributed by atoms with E-state index in [-0.39, 0.29) is 12.5 Å². The molecule has 1 aromatic carbocycles. The lowest BCUT2D eigenvalue weighted by atomic mass is 10.2. The molecule has 1 amide bonds. The Morgan fingerprint density at radius 2 is 1.87 bits per heavy atom. The van der Waals surface area contributed by atoms with Crippen molar-refractivity contribution in [2.75, 3.05) is 39.9 Å². The smallest absolute Gasteiger partial charge is 0.260 e. The van der Waals surface area contributed by atoms with Gasteiger partial charge in [-0.15, -0.1) is 0 Å². The van der Waals surface area contributed by atoms with Crippen molar-refractivity contribution < 1.29 is 14.3 Å². The molecule has 5 heteroatoms. The lowest BCUT2D eigenvalue weighted by Crippen LogP contribution is -2.44. The van der Waals surface area contributed by atoms with Gasteiger partial charge in [0, 0.05) is 19.1 Å². The summed E-state index contributed by atoms with van der Waals surface area (Å²) < 4.78 is 10.9. The van der Waals surface area contributed by atoms with E-state index in [1.54, 1.807) is 7.11 Å². The molecular weight excluding hydrogens is 292 g/mol. The quantitative estimate of drug-likeness (QED) is 0.806. The normalized spacial score (nSPS) is 21.6. The van der Waals surface area contributed by atoms with Crippen molar-refractivity contribution in [3.8, 4) is 11.5 Å². The highest BCUT2D eigenvalue weighted by Gasteiger charge is 2.31. The van der Waals surface area contributed by atoms with Gasteiger partial charge in [-0.05, 0) is 50.9 Å². The molecule has 3 rings (SSSR count). The number of amides is 1. The maximum atomic E-state index is 12.5. The van der Waals surface area contributed by atoms with Crippen molar-refractivity contribution in [1.29, 1.82) is 0 Å². The van der Waals surface area contributed by atoms with Crippen LogP contribution in [0.3, 0.4) is 0 Å². The highest BCUT2D eigenvalue weighted by molar-refractivity contribution is 5.78. The van der Waals surface area contributed by atoms with Crippen LogP contribution in [-0.4, -0.2) is 61.6 Å². The van der Waals surface area contributed by atoms with Gasteiger partial charge in [-0.2, -0.15) is 0 Å². The van der Waals surface area contributed by atoms with E-state index in [1.165, 1.54) is 25.9 Å². The molecule has 0 spiro atoms. The van der Waals surface area contributed by atoms with Crippen LogP contribution < -0.4 is 9.47 Å². The average Bonchev–Trinajstić information content (AvgIpc) is 3.25. The number of hydrogen-bond acceptors (Lipinski definition) is 4. The van der Waals surface area contributed by atoms with Crippen LogP contribution in [0.15, 0.2) is 24.3 Å². The molecule has 2 aliphatic heterocycles. The van der Waals surface area contributed by atoms with Crippen LogP contribution in [0.4, 0.5) is 0 Å². The molecule has 1 atom stereocenters. The monoisotopic (exact) mass is 318 g/mol. The fourth-order valence-electron chi connectivity index (χ4n) is 3.58. The Hall–Kier alpha value is -1.75. The molecule has 2 saturated heterocycles. The summed E-state index contributed by atoms with van der Waals surface area (Å²) in [6.07, 6.45) is 4.78. The van der Waals surface area contributed by atoms with Crippen LogP contribution in [0.2, 0.25) is 0 Å². The minimum atomic E-state index is 0.0802. The molecule has 5 nitrogen and oxygen atoms in total. The van der Waals surface area contributed by atoms with E-state index in [0.29, 0.717) is 17.5 Å². The number of carbonyl (C=O) groups excluding carboxylic acids is 1. The minimum Gasteiger partial charge on any atom is -0.493 e. The number of methoxy groups -OCH3 is 1. The molecule has 0 radical (unpaired) electrons. The average molecular weight is 318 g/mol. The molecule has 2 aliphatic rings. The van der Waals surface area contributed by atoms with Gasteiger partial charge in [0.15, 0.2) is 18.1 Å². The number of likely N-dealkylation sites (tertiary alicyclic amines) is 2. The first-order valence-electron chi connectivity index (χ1n) is 8.55. The third-order valence-corrected chi connectivity index (χ3v) is 4.79. The molecule has 2 heterocycles. The van der Waals surface area contributed by atoms with E-state index < -0.39 is 0 Å². The van der Waals surface area contributed by atoms with Gasteiger partial charge >= 0.3 is 0 Å². The second kappa shape index (κ2) is 7.68. The second-order valence-electron chi connectivity index (χ2n) is 6.33. The topological polar surface area (TPSA) is 42.0 Å². The van der Waals surface area contributed by atoms with Crippen LogP contribution in [0, 0.1) is 0 Å². The van der Waals surface area contributed by atoms with Gasteiger partial charge in [0.2, 0.25) is 0 Å². The lowest BCUT2D eigenvalue weighted by molar-refractivity contribution is -0.134. The third kappa shape index (κ3) is 3.96. The zero-order chi connectivity index (χ0) is 16.1. The molecule has 0 bridgehead atoms. The van der Waals surface area contributed by atoms with Gasteiger partial charge < -0.3 is 19.3 Å². The highest BCUT2D eigenvalue weighted by atomic mass is 16.5. The Balaban J connectivity index is 1.54. The van der Waals surface area contributed by atoms with Crippen molar-refractivity contribution in [2.24, 2.45) is 0 Å². The summed E-state index contributed by atoms with van der Waals surface area (Å²) in [6, 6.07) is 7.79. The Morgan fingerprint density at radius 3 is 2.61 bits per heavy atom. The summed E-state index contributed by atoms with van der Waals surface area (Å²) >= 11 is 0. The van der Waals surface area contributed by atoms with Gasteiger partial charge in [0.25, 0.3) is 5.91 Å². The lowest BCUT2D eigenvalue weighted by Gasteiger charge is -2.28. The molecule has 0 aromatic heterocycles. The molecule has 126 valence electrons. The second-order valence-corrected chi connectivity index (χ2v) is 6.33. The first kappa shape index (κ1) is 16.1. The van der Waals surface area contributed by atoms with E-state index in [1.807, 2.05) is 29.2 Å². The maximum absolute atomic E-state index is 12.5. The van der Waals surface area contributed by atoms with Crippen LogP contribution in [-0.2, 0) is 4.79 Å². The van der Waals surface area contributed by atoms with E-state index in [4.69, 9.17) is 9.47 Å². The molecule has 2 fully saturated rings. The summed E-state index contributed by atoms with van der Waals surface area (Å²) in [6.45, 7) is 4.30. The van der Waals surface area contributed by atoms with Gasteiger partial charge in [0.05, 0.1) is 7.11 Å². The first-order chi connectivity index (χ1) is 11.3. The molecule has 23 heavy (non-hydrogen) atoms. The molecule has 0 aliphatic carbocycles. The molecule has 0 unspecified atom stereocenters. The predicted octanol–water partition coefficient (Wildman–Crippen LogP) is 2.16. The summed E-state index contributed by atoms with van der Waals surface area (Å²) in [5, 5.41) is 0. The number of ether oxygens (including phenoxy) is 2. The zero-order valence-electron chi connectivity index (χ0n) is 13.9. The van der Waals surface area contributed by atoms with E-state index in [0.717, 1.165) is 25.9 Å². The number of benzene rings is 1. The summed E-state index contributed by atoms with van der Waals surface area (Å²) in [5.41, 5.74) is 0. The molecule has 0 saturated carbocycles. The Kier molecular flexibility index (Phi) is 5.39. The van der Waals surface area contributed by atoms with E-state index >= 15 is 0 Å². The summed E-state index contributed by atoms with van der Waals surface area (Å²) in [5.74, 6) is 1.37. The molecule has 0 N–H and O–H groups in total. The third-order valence-electron chi connectivity index (χ3n) is 4.79. The van der Waals surface area contributed by atoms with Crippen molar-refractivity contribution in [2.45, 2.75) is 31.7 Å². The Bertz CT molecular complexity index is 529. The van der Waals surface area contributed by atoms with Crippen molar-refractivity contribution in [3.05, 3.63) is 24.3 Å². The van der Waals surface area contributed by atoms with Gasteiger partial charge in [-0.1, -0.05) is 12.1 Å².